The Morgan fingerprint density at radius 2 is 1.78 bits per heavy atom. The van der Waals surface area contributed by atoms with Gasteiger partial charge in [-0.3, -0.25) is 9.69 Å². The Kier molecular flexibility index (Phi) is 8.03. The Bertz CT molecular complexity index is 1050. The van der Waals surface area contributed by atoms with E-state index in [4.69, 9.17) is 4.74 Å². The van der Waals surface area contributed by atoms with Gasteiger partial charge in [0.25, 0.3) is 5.91 Å². The average molecular weight is 496 g/mol. The number of carbonyl (C=O) groups is 2. The SMILES string of the molecule is CCN1CCC[C@H]1CNC(=O)c1cnn(-c2ccc(C)cc2)c1C1CCN(C(=O)OC(C)(C)C)CC1. The van der Waals surface area contributed by atoms with Crippen LogP contribution in [0, 0.1) is 6.92 Å². The highest BCUT2D eigenvalue weighted by Crippen LogP contribution is 2.33. The maximum atomic E-state index is 13.4. The quantitative estimate of drug-likeness (QED) is 0.638. The molecule has 2 aromatic rings. The van der Waals surface area contributed by atoms with Crippen molar-refractivity contribution in [3.05, 3.63) is 47.3 Å². The molecule has 1 aromatic heterocycles. The van der Waals surface area contributed by atoms with Gasteiger partial charge >= 0.3 is 6.09 Å². The highest BCUT2D eigenvalue weighted by atomic mass is 16.6. The van der Waals surface area contributed by atoms with Crippen LogP contribution in [0.1, 0.15) is 80.9 Å². The molecule has 1 atom stereocenters. The van der Waals surface area contributed by atoms with Gasteiger partial charge in [0.1, 0.15) is 5.60 Å². The van der Waals surface area contributed by atoms with Crippen LogP contribution in [-0.4, -0.2) is 75.9 Å². The molecule has 2 saturated heterocycles. The van der Waals surface area contributed by atoms with Crippen LogP contribution in [0.4, 0.5) is 4.79 Å². The van der Waals surface area contributed by atoms with E-state index < -0.39 is 5.60 Å². The summed E-state index contributed by atoms with van der Waals surface area (Å²) in [5.41, 5.74) is 3.16. The Morgan fingerprint density at radius 1 is 1.08 bits per heavy atom. The van der Waals surface area contributed by atoms with E-state index in [1.165, 1.54) is 12.0 Å². The number of hydrogen-bond donors (Lipinski definition) is 1. The third-order valence-electron chi connectivity index (χ3n) is 7.27. The number of aromatic nitrogens is 2. The van der Waals surface area contributed by atoms with E-state index in [1.807, 2.05) is 37.6 Å². The lowest BCUT2D eigenvalue weighted by Gasteiger charge is -2.34. The molecule has 8 nitrogen and oxygen atoms in total. The number of hydrogen-bond acceptors (Lipinski definition) is 5. The molecule has 196 valence electrons. The van der Waals surface area contributed by atoms with Crippen molar-refractivity contribution in [1.29, 1.82) is 0 Å². The number of benzene rings is 1. The second-order valence-corrected chi connectivity index (χ2v) is 11.1. The molecule has 8 heteroatoms. The summed E-state index contributed by atoms with van der Waals surface area (Å²) in [6.45, 7) is 13.8. The van der Waals surface area contributed by atoms with E-state index >= 15 is 0 Å². The second kappa shape index (κ2) is 11.0. The van der Waals surface area contributed by atoms with Crippen molar-refractivity contribution in [1.82, 2.24) is 24.9 Å². The van der Waals surface area contributed by atoms with Gasteiger partial charge < -0.3 is 15.0 Å². The van der Waals surface area contributed by atoms with Gasteiger partial charge in [0.15, 0.2) is 0 Å². The molecule has 2 fully saturated rings. The van der Waals surface area contributed by atoms with Gasteiger partial charge in [-0.25, -0.2) is 9.48 Å². The Labute approximate surface area is 215 Å². The van der Waals surface area contributed by atoms with Gasteiger partial charge in [0.05, 0.1) is 23.1 Å². The number of likely N-dealkylation sites (N-methyl/N-ethyl adjacent to an activating group) is 1. The normalized spacial score (nSPS) is 19.5. The molecule has 1 aromatic carbocycles. The number of aryl methyl sites for hydroxylation is 1. The first-order valence-corrected chi connectivity index (χ1v) is 13.3. The number of ether oxygens (including phenoxy) is 1. The monoisotopic (exact) mass is 495 g/mol. The van der Waals surface area contributed by atoms with Crippen LogP contribution in [0.5, 0.6) is 0 Å². The predicted molar refractivity (Wildman–Crippen MR) is 141 cm³/mol. The van der Waals surface area contributed by atoms with Crippen molar-refractivity contribution in [2.75, 3.05) is 32.7 Å². The molecule has 4 rings (SSSR count). The first-order chi connectivity index (χ1) is 17.2. The van der Waals surface area contributed by atoms with Gasteiger partial charge in [-0.2, -0.15) is 5.10 Å². The summed E-state index contributed by atoms with van der Waals surface area (Å²) < 4.78 is 7.48. The second-order valence-electron chi connectivity index (χ2n) is 11.1. The number of rotatable bonds is 6. The lowest BCUT2D eigenvalue weighted by Crippen LogP contribution is -2.42. The minimum Gasteiger partial charge on any atom is -0.444 e. The van der Waals surface area contributed by atoms with E-state index in [1.54, 1.807) is 11.1 Å². The fourth-order valence-electron chi connectivity index (χ4n) is 5.33. The average Bonchev–Trinajstić information content (AvgIpc) is 3.49. The molecule has 0 spiro atoms. The minimum absolute atomic E-state index is 0.0686. The van der Waals surface area contributed by atoms with Crippen LogP contribution in [0.3, 0.4) is 0 Å². The van der Waals surface area contributed by atoms with Crippen molar-refractivity contribution >= 4 is 12.0 Å². The maximum Gasteiger partial charge on any atom is 0.410 e. The van der Waals surface area contributed by atoms with E-state index in [-0.39, 0.29) is 17.9 Å². The first-order valence-electron chi connectivity index (χ1n) is 13.3. The highest BCUT2D eigenvalue weighted by molar-refractivity contribution is 5.95. The van der Waals surface area contributed by atoms with Gasteiger partial charge in [-0.15, -0.1) is 0 Å². The number of likely N-dealkylation sites (tertiary alicyclic amines) is 2. The maximum absolute atomic E-state index is 13.4. The molecule has 0 saturated carbocycles. The number of carbonyl (C=O) groups excluding carboxylic acids is 2. The summed E-state index contributed by atoms with van der Waals surface area (Å²) in [4.78, 5) is 30.2. The van der Waals surface area contributed by atoms with Crippen molar-refractivity contribution < 1.29 is 14.3 Å². The summed E-state index contributed by atoms with van der Waals surface area (Å²) in [6.07, 6.45) is 5.24. The molecule has 0 radical (unpaired) electrons. The van der Waals surface area contributed by atoms with Gasteiger partial charge in [0, 0.05) is 31.6 Å². The van der Waals surface area contributed by atoms with Crippen LogP contribution in [0.25, 0.3) is 5.69 Å². The smallest absolute Gasteiger partial charge is 0.410 e. The van der Waals surface area contributed by atoms with E-state index in [2.05, 4.69) is 41.3 Å². The van der Waals surface area contributed by atoms with E-state index in [0.717, 1.165) is 43.7 Å². The van der Waals surface area contributed by atoms with Crippen molar-refractivity contribution in [2.45, 2.75) is 77.9 Å². The standard InChI is InChI=1S/C28H41N5O3/c1-6-31-15-7-8-23(31)18-29-26(34)24-19-30-33(22-11-9-20(2)10-12-22)25(24)21-13-16-32(17-14-21)27(35)36-28(3,4)5/h9-12,19,21,23H,6-8,13-18H2,1-5H3,(H,29,34)/t23-/m0/s1. The number of nitrogens with zero attached hydrogens (tertiary/aromatic N) is 4. The first kappa shape index (κ1) is 26.2. The largest absolute Gasteiger partial charge is 0.444 e. The zero-order valence-electron chi connectivity index (χ0n) is 22.4. The molecule has 2 aliphatic heterocycles. The van der Waals surface area contributed by atoms with E-state index in [9.17, 15) is 9.59 Å². The van der Waals surface area contributed by atoms with Crippen LogP contribution >= 0.6 is 0 Å². The lowest BCUT2D eigenvalue weighted by molar-refractivity contribution is 0.0203. The van der Waals surface area contributed by atoms with Crippen molar-refractivity contribution in [2.24, 2.45) is 0 Å². The highest BCUT2D eigenvalue weighted by Gasteiger charge is 2.32. The van der Waals surface area contributed by atoms with Crippen LogP contribution in [-0.2, 0) is 4.74 Å². The fourth-order valence-corrected chi connectivity index (χ4v) is 5.33. The Hall–Kier alpha value is -2.87. The van der Waals surface area contributed by atoms with Gasteiger partial charge in [-0.1, -0.05) is 24.6 Å². The molecule has 1 N–H and O–H groups in total. The predicted octanol–water partition coefficient (Wildman–Crippen LogP) is 4.51. The molecule has 0 unspecified atom stereocenters. The molecule has 0 bridgehead atoms. The molecular formula is C28H41N5O3. The zero-order chi connectivity index (χ0) is 25.9. The summed E-state index contributed by atoms with van der Waals surface area (Å²) in [6, 6.07) is 8.60. The number of piperidine rings is 1. The Morgan fingerprint density at radius 3 is 2.42 bits per heavy atom. The number of amides is 2. The fraction of sp³-hybridized carbons (Fsp3) is 0.607. The molecule has 3 heterocycles. The lowest BCUT2D eigenvalue weighted by atomic mass is 9.90. The van der Waals surface area contributed by atoms with E-state index in [0.29, 0.717) is 31.2 Å². The summed E-state index contributed by atoms with van der Waals surface area (Å²) in [5.74, 6) is 0.0488. The third-order valence-corrected chi connectivity index (χ3v) is 7.27. The summed E-state index contributed by atoms with van der Waals surface area (Å²) >= 11 is 0. The molecular weight excluding hydrogens is 454 g/mol. The van der Waals surface area contributed by atoms with Gasteiger partial charge in [0.2, 0.25) is 0 Å². The third kappa shape index (κ3) is 6.09. The summed E-state index contributed by atoms with van der Waals surface area (Å²) in [7, 11) is 0. The molecule has 0 aliphatic carbocycles. The van der Waals surface area contributed by atoms with Crippen molar-refractivity contribution in [3.8, 4) is 5.69 Å². The topological polar surface area (TPSA) is 79.7 Å². The zero-order valence-corrected chi connectivity index (χ0v) is 22.4. The van der Waals surface area contributed by atoms with Gasteiger partial charge in [-0.05, 0) is 78.6 Å². The van der Waals surface area contributed by atoms with Crippen molar-refractivity contribution in [3.63, 3.8) is 0 Å². The molecule has 36 heavy (non-hydrogen) atoms. The Balaban J connectivity index is 1.53. The molecule has 2 amide bonds. The number of nitrogens with one attached hydrogen (secondary N) is 1. The van der Waals surface area contributed by atoms with Crippen LogP contribution < -0.4 is 5.32 Å². The minimum atomic E-state index is -0.518. The van der Waals surface area contributed by atoms with Crippen LogP contribution in [0.2, 0.25) is 0 Å². The van der Waals surface area contributed by atoms with Crippen LogP contribution in [0.15, 0.2) is 30.5 Å². The molecule has 2 aliphatic rings. The summed E-state index contributed by atoms with van der Waals surface area (Å²) in [5, 5.41) is 7.86.